The molecule has 78 valence electrons. The summed E-state index contributed by atoms with van der Waals surface area (Å²) >= 11 is 0. The average molecular weight is 203 g/mol. The second kappa shape index (κ2) is 4.17. The van der Waals surface area contributed by atoms with Crippen LogP contribution in [-0.2, 0) is 4.74 Å². The Morgan fingerprint density at radius 3 is 2.93 bits per heavy atom. The Kier molecular flexibility index (Phi) is 2.72. The van der Waals surface area contributed by atoms with E-state index in [1.165, 1.54) is 4.57 Å². The Hall–Kier alpha value is -1.77. The molecule has 0 unspecified atom stereocenters. The summed E-state index contributed by atoms with van der Waals surface area (Å²) in [7, 11) is 0. The van der Waals surface area contributed by atoms with E-state index in [1.807, 2.05) is 37.3 Å². The maximum Gasteiger partial charge on any atom is 0.418 e. The van der Waals surface area contributed by atoms with E-state index < -0.39 is 0 Å². The minimum Gasteiger partial charge on any atom is -0.449 e. The van der Waals surface area contributed by atoms with Gasteiger partial charge in [0, 0.05) is 11.6 Å². The quantitative estimate of drug-likeness (QED) is 0.751. The van der Waals surface area contributed by atoms with Crippen LogP contribution in [0.4, 0.5) is 4.79 Å². The van der Waals surface area contributed by atoms with Crippen LogP contribution in [0.2, 0.25) is 0 Å². The van der Waals surface area contributed by atoms with E-state index in [2.05, 4.69) is 0 Å². The zero-order chi connectivity index (χ0) is 10.7. The molecule has 0 aliphatic carbocycles. The van der Waals surface area contributed by atoms with Crippen molar-refractivity contribution in [2.75, 3.05) is 6.61 Å². The van der Waals surface area contributed by atoms with E-state index in [4.69, 9.17) is 4.74 Å². The van der Waals surface area contributed by atoms with Gasteiger partial charge in [0.2, 0.25) is 0 Å². The number of para-hydroxylation sites is 1. The van der Waals surface area contributed by atoms with Gasteiger partial charge in [0.25, 0.3) is 0 Å². The van der Waals surface area contributed by atoms with Gasteiger partial charge < -0.3 is 4.74 Å². The predicted molar refractivity (Wildman–Crippen MR) is 59.0 cm³/mol. The molecule has 3 heteroatoms. The Balaban J connectivity index is 2.31. The Bertz CT molecular complexity index is 473. The van der Waals surface area contributed by atoms with Crippen LogP contribution < -0.4 is 0 Å². The average Bonchev–Trinajstić information content (AvgIpc) is 2.69. The molecular formula is C12H13NO2. The van der Waals surface area contributed by atoms with Gasteiger partial charge in [-0.2, -0.15) is 0 Å². The number of benzene rings is 1. The predicted octanol–water partition coefficient (Wildman–Crippen LogP) is 3.04. The lowest BCUT2D eigenvalue weighted by Gasteiger charge is -2.04. The first kappa shape index (κ1) is 9.77. The van der Waals surface area contributed by atoms with Crippen LogP contribution in [0, 0.1) is 0 Å². The van der Waals surface area contributed by atoms with Gasteiger partial charge in [0.15, 0.2) is 0 Å². The number of hydrogen-bond acceptors (Lipinski definition) is 2. The fourth-order valence-corrected chi connectivity index (χ4v) is 1.50. The van der Waals surface area contributed by atoms with Crippen LogP contribution >= 0.6 is 0 Å². The number of nitrogens with zero attached hydrogens (tertiary/aromatic N) is 1. The SMILES string of the molecule is CCCOC(=O)n1ccc2ccccc21. The minimum absolute atomic E-state index is 0.307. The van der Waals surface area contributed by atoms with Gasteiger partial charge in [0.05, 0.1) is 12.1 Å². The molecule has 2 rings (SSSR count). The van der Waals surface area contributed by atoms with Crippen LogP contribution in [0.1, 0.15) is 13.3 Å². The first-order valence-corrected chi connectivity index (χ1v) is 5.06. The third-order valence-corrected chi connectivity index (χ3v) is 2.23. The van der Waals surface area contributed by atoms with Gasteiger partial charge >= 0.3 is 6.09 Å². The molecule has 0 saturated carbocycles. The van der Waals surface area contributed by atoms with Crippen molar-refractivity contribution in [1.82, 2.24) is 4.57 Å². The number of carbonyl (C=O) groups excluding carboxylic acids is 1. The number of ether oxygens (including phenoxy) is 1. The second-order valence-corrected chi connectivity index (χ2v) is 3.36. The number of carbonyl (C=O) groups is 1. The molecule has 0 spiro atoms. The topological polar surface area (TPSA) is 31.2 Å². The summed E-state index contributed by atoms with van der Waals surface area (Å²) in [4.78, 5) is 11.6. The Morgan fingerprint density at radius 2 is 2.13 bits per heavy atom. The lowest BCUT2D eigenvalue weighted by Crippen LogP contribution is -2.12. The molecule has 0 bridgehead atoms. The lowest BCUT2D eigenvalue weighted by molar-refractivity contribution is 0.149. The van der Waals surface area contributed by atoms with Crippen molar-refractivity contribution in [3.8, 4) is 0 Å². The first-order chi connectivity index (χ1) is 7.33. The first-order valence-electron chi connectivity index (χ1n) is 5.06. The fraction of sp³-hybridized carbons (Fsp3) is 0.250. The maximum absolute atomic E-state index is 11.6. The molecule has 3 nitrogen and oxygen atoms in total. The molecule has 0 fully saturated rings. The van der Waals surface area contributed by atoms with Crippen LogP contribution in [0.3, 0.4) is 0 Å². The van der Waals surface area contributed by atoms with Crippen LogP contribution in [-0.4, -0.2) is 17.3 Å². The van der Waals surface area contributed by atoms with E-state index in [9.17, 15) is 4.79 Å². The summed E-state index contributed by atoms with van der Waals surface area (Å²) in [5, 5.41) is 1.05. The van der Waals surface area contributed by atoms with E-state index in [0.717, 1.165) is 17.3 Å². The normalized spacial score (nSPS) is 10.5. The van der Waals surface area contributed by atoms with Crippen molar-refractivity contribution in [2.45, 2.75) is 13.3 Å². The molecule has 0 saturated heterocycles. The Labute approximate surface area is 88.3 Å². The molecule has 0 radical (unpaired) electrons. The van der Waals surface area contributed by atoms with Crippen molar-refractivity contribution in [3.63, 3.8) is 0 Å². The summed E-state index contributed by atoms with van der Waals surface area (Å²) in [6, 6.07) is 9.64. The zero-order valence-electron chi connectivity index (χ0n) is 8.64. The number of hydrogen-bond donors (Lipinski definition) is 0. The molecule has 2 aromatic rings. The summed E-state index contributed by atoms with van der Waals surface area (Å²) < 4.78 is 6.60. The van der Waals surface area contributed by atoms with Crippen LogP contribution in [0.5, 0.6) is 0 Å². The van der Waals surface area contributed by atoms with E-state index in [1.54, 1.807) is 6.20 Å². The molecular weight excluding hydrogens is 190 g/mol. The second-order valence-electron chi connectivity index (χ2n) is 3.36. The van der Waals surface area contributed by atoms with E-state index >= 15 is 0 Å². The van der Waals surface area contributed by atoms with Crippen molar-refractivity contribution in [3.05, 3.63) is 36.5 Å². The largest absolute Gasteiger partial charge is 0.449 e. The van der Waals surface area contributed by atoms with E-state index in [-0.39, 0.29) is 6.09 Å². The van der Waals surface area contributed by atoms with Gasteiger partial charge in [-0.1, -0.05) is 25.1 Å². The smallest absolute Gasteiger partial charge is 0.418 e. The van der Waals surface area contributed by atoms with Crippen molar-refractivity contribution in [2.24, 2.45) is 0 Å². The van der Waals surface area contributed by atoms with Gasteiger partial charge in [0.1, 0.15) is 0 Å². The molecule has 1 heterocycles. The number of rotatable bonds is 2. The van der Waals surface area contributed by atoms with Gasteiger partial charge in [-0.25, -0.2) is 4.79 Å². The third-order valence-electron chi connectivity index (χ3n) is 2.23. The fourth-order valence-electron chi connectivity index (χ4n) is 1.50. The van der Waals surface area contributed by atoms with Crippen molar-refractivity contribution in [1.29, 1.82) is 0 Å². The van der Waals surface area contributed by atoms with Gasteiger partial charge in [-0.15, -0.1) is 0 Å². The molecule has 1 aromatic carbocycles. The summed E-state index contributed by atoms with van der Waals surface area (Å²) in [5.74, 6) is 0. The highest BCUT2D eigenvalue weighted by molar-refractivity contribution is 5.89. The van der Waals surface area contributed by atoms with E-state index in [0.29, 0.717) is 6.61 Å². The standard InChI is InChI=1S/C12H13NO2/c1-2-9-15-12(14)13-8-7-10-5-3-4-6-11(10)13/h3-8H,2,9H2,1H3. The molecule has 0 aliphatic heterocycles. The van der Waals surface area contributed by atoms with Crippen molar-refractivity contribution < 1.29 is 9.53 Å². The van der Waals surface area contributed by atoms with Crippen LogP contribution in [0.25, 0.3) is 10.9 Å². The maximum atomic E-state index is 11.6. The summed E-state index contributed by atoms with van der Waals surface area (Å²) in [6.45, 7) is 2.44. The number of fused-ring (bicyclic) bond motifs is 1. The third kappa shape index (κ3) is 1.86. The number of aromatic nitrogens is 1. The molecule has 0 amide bonds. The highest BCUT2D eigenvalue weighted by atomic mass is 16.5. The molecule has 15 heavy (non-hydrogen) atoms. The molecule has 0 aliphatic rings. The Morgan fingerprint density at radius 1 is 1.33 bits per heavy atom. The summed E-state index contributed by atoms with van der Waals surface area (Å²) in [5.41, 5.74) is 0.888. The minimum atomic E-state index is -0.307. The highest BCUT2D eigenvalue weighted by Gasteiger charge is 2.08. The molecule has 0 atom stereocenters. The molecule has 1 aromatic heterocycles. The zero-order valence-corrected chi connectivity index (χ0v) is 8.64. The van der Waals surface area contributed by atoms with Crippen LogP contribution in [0.15, 0.2) is 36.5 Å². The molecule has 0 N–H and O–H groups in total. The van der Waals surface area contributed by atoms with Gasteiger partial charge in [-0.3, -0.25) is 4.57 Å². The monoisotopic (exact) mass is 203 g/mol. The lowest BCUT2D eigenvalue weighted by atomic mass is 10.2. The van der Waals surface area contributed by atoms with Crippen molar-refractivity contribution >= 4 is 17.0 Å². The highest BCUT2D eigenvalue weighted by Crippen LogP contribution is 2.15. The summed E-state index contributed by atoms with van der Waals surface area (Å²) in [6.07, 6.45) is 2.27. The van der Waals surface area contributed by atoms with Gasteiger partial charge in [-0.05, 0) is 18.6 Å².